The molecule has 0 saturated carbocycles. The van der Waals surface area contributed by atoms with E-state index in [1.807, 2.05) is 7.05 Å². The van der Waals surface area contributed by atoms with Crippen LogP contribution in [0.4, 0.5) is 0 Å². The monoisotopic (exact) mass is 197 g/mol. The number of hydrogen-bond acceptors (Lipinski definition) is 3. The number of rotatable bonds is 4. The smallest absolute Gasteiger partial charge is 0.161 e. The normalized spacial score (nSPS) is 13.3. The molecule has 4 heteroatoms. The van der Waals surface area contributed by atoms with Crippen molar-refractivity contribution in [2.24, 2.45) is 18.7 Å². The first-order valence-electron chi connectivity index (χ1n) is 4.87. The van der Waals surface area contributed by atoms with E-state index >= 15 is 0 Å². The third kappa shape index (κ3) is 2.26. The minimum atomic E-state index is -0.00236. The van der Waals surface area contributed by atoms with Crippen LogP contribution in [0.2, 0.25) is 0 Å². The molecule has 1 unspecified atom stereocenters. The summed E-state index contributed by atoms with van der Waals surface area (Å²) in [5.41, 5.74) is 7.05. The highest BCUT2D eigenvalue weighted by atomic mass is 16.5. The van der Waals surface area contributed by atoms with Gasteiger partial charge in [0.15, 0.2) is 5.75 Å². The zero-order valence-electron chi connectivity index (χ0n) is 9.32. The van der Waals surface area contributed by atoms with Gasteiger partial charge in [-0.05, 0) is 12.3 Å². The quantitative estimate of drug-likeness (QED) is 0.795. The summed E-state index contributed by atoms with van der Waals surface area (Å²) in [6.07, 6.45) is 2.64. The van der Waals surface area contributed by atoms with Crippen LogP contribution in [0.25, 0.3) is 0 Å². The predicted molar refractivity (Wildman–Crippen MR) is 56.1 cm³/mol. The third-order valence-electron chi connectivity index (χ3n) is 2.25. The largest absolute Gasteiger partial charge is 0.493 e. The Balaban J connectivity index is 2.86. The van der Waals surface area contributed by atoms with Crippen LogP contribution in [0.1, 0.15) is 32.0 Å². The van der Waals surface area contributed by atoms with Crippen molar-refractivity contribution in [3.63, 3.8) is 0 Å². The Kier molecular flexibility index (Phi) is 3.52. The minimum Gasteiger partial charge on any atom is -0.493 e. The van der Waals surface area contributed by atoms with Crippen molar-refractivity contribution in [1.29, 1.82) is 0 Å². The summed E-state index contributed by atoms with van der Waals surface area (Å²) < 4.78 is 6.99. The molecular formula is C10H19N3O. The summed E-state index contributed by atoms with van der Waals surface area (Å²) in [6.45, 7) is 4.31. The molecule has 1 aromatic rings. The number of hydrogen-bond donors (Lipinski definition) is 1. The van der Waals surface area contributed by atoms with E-state index in [-0.39, 0.29) is 6.04 Å². The average molecular weight is 197 g/mol. The van der Waals surface area contributed by atoms with Gasteiger partial charge in [-0.2, -0.15) is 5.10 Å². The number of nitrogens with two attached hydrogens (primary N) is 1. The Labute approximate surface area is 85.0 Å². The average Bonchev–Trinajstić information content (AvgIpc) is 2.45. The zero-order valence-corrected chi connectivity index (χ0v) is 9.32. The van der Waals surface area contributed by atoms with E-state index in [0.717, 1.165) is 17.9 Å². The standard InChI is InChI=1S/C10H19N3O/c1-7(2)5-8(11)10-9(14-4)6-12-13(10)3/h6-8H,5,11H2,1-4H3. The molecule has 0 radical (unpaired) electrons. The van der Waals surface area contributed by atoms with Gasteiger partial charge in [0.1, 0.15) is 0 Å². The van der Waals surface area contributed by atoms with E-state index in [0.29, 0.717) is 5.92 Å². The Hall–Kier alpha value is -1.03. The van der Waals surface area contributed by atoms with Gasteiger partial charge in [-0.1, -0.05) is 13.8 Å². The lowest BCUT2D eigenvalue weighted by atomic mass is 10.0. The molecule has 1 aromatic heterocycles. The maximum atomic E-state index is 6.08. The molecule has 0 amide bonds. The first-order chi connectivity index (χ1) is 6.56. The van der Waals surface area contributed by atoms with Crippen LogP contribution >= 0.6 is 0 Å². The topological polar surface area (TPSA) is 53.1 Å². The number of aromatic nitrogens is 2. The maximum absolute atomic E-state index is 6.08. The molecule has 0 spiro atoms. The van der Waals surface area contributed by atoms with Crippen molar-refractivity contribution in [1.82, 2.24) is 9.78 Å². The van der Waals surface area contributed by atoms with Gasteiger partial charge in [-0.3, -0.25) is 4.68 Å². The number of aryl methyl sites for hydroxylation is 1. The van der Waals surface area contributed by atoms with E-state index in [1.54, 1.807) is 18.0 Å². The van der Waals surface area contributed by atoms with Gasteiger partial charge < -0.3 is 10.5 Å². The Bertz CT molecular complexity index is 294. The van der Waals surface area contributed by atoms with Crippen LogP contribution in [0.5, 0.6) is 5.75 Å². The molecule has 0 saturated heterocycles. The molecule has 0 fully saturated rings. The second-order valence-electron chi connectivity index (χ2n) is 3.96. The predicted octanol–water partition coefficient (Wildman–Crippen LogP) is 1.47. The highest BCUT2D eigenvalue weighted by Gasteiger charge is 2.17. The van der Waals surface area contributed by atoms with Crippen molar-refractivity contribution in [3.8, 4) is 5.75 Å². The molecule has 0 aliphatic heterocycles. The summed E-state index contributed by atoms with van der Waals surface area (Å²) in [5, 5.41) is 4.13. The molecule has 0 bridgehead atoms. The lowest BCUT2D eigenvalue weighted by Gasteiger charge is -2.15. The molecule has 1 rings (SSSR count). The Morgan fingerprint density at radius 1 is 1.57 bits per heavy atom. The summed E-state index contributed by atoms with van der Waals surface area (Å²) in [6, 6.07) is -0.00236. The van der Waals surface area contributed by atoms with Crippen molar-refractivity contribution < 1.29 is 4.74 Å². The van der Waals surface area contributed by atoms with Crippen LogP contribution in [-0.2, 0) is 7.05 Å². The number of nitrogens with zero attached hydrogens (tertiary/aromatic N) is 2. The molecule has 2 N–H and O–H groups in total. The molecule has 14 heavy (non-hydrogen) atoms. The fraction of sp³-hybridized carbons (Fsp3) is 0.700. The Morgan fingerprint density at radius 3 is 2.71 bits per heavy atom. The van der Waals surface area contributed by atoms with E-state index in [1.165, 1.54) is 0 Å². The highest BCUT2D eigenvalue weighted by molar-refractivity contribution is 5.27. The van der Waals surface area contributed by atoms with Crippen molar-refractivity contribution >= 4 is 0 Å². The van der Waals surface area contributed by atoms with Gasteiger partial charge in [0.25, 0.3) is 0 Å². The lowest BCUT2D eigenvalue weighted by Crippen LogP contribution is -2.17. The van der Waals surface area contributed by atoms with Crippen LogP contribution in [0.3, 0.4) is 0 Å². The van der Waals surface area contributed by atoms with E-state index in [9.17, 15) is 0 Å². The number of methoxy groups -OCH3 is 1. The van der Waals surface area contributed by atoms with Gasteiger partial charge in [-0.15, -0.1) is 0 Å². The van der Waals surface area contributed by atoms with Gasteiger partial charge in [0.05, 0.1) is 25.0 Å². The van der Waals surface area contributed by atoms with Gasteiger partial charge in [0.2, 0.25) is 0 Å². The van der Waals surface area contributed by atoms with Crippen LogP contribution in [-0.4, -0.2) is 16.9 Å². The highest BCUT2D eigenvalue weighted by Crippen LogP contribution is 2.26. The van der Waals surface area contributed by atoms with Crippen molar-refractivity contribution in [2.75, 3.05) is 7.11 Å². The fourth-order valence-corrected chi connectivity index (χ4v) is 1.63. The van der Waals surface area contributed by atoms with E-state index < -0.39 is 0 Å². The summed E-state index contributed by atoms with van der Waals surface area (Å²) in [7, 11) is 3.53. The van der Waals surface area contributed by atoms with Gasteiger partial charge >= 0.3 is 0 Å². The molecule has 80 valence electrons. The first kappa shape index (κ1) is 11.0. The second kappa shape index (κ2) is 4.46. The first-order valence-corrected chi connectivity index (χ1v) is 4.87. The SMILES string of the molecule is COc1cnn(C)c1C(N)CC(C)C. The Morgan fingerprint density at radius 2 is 2.21 bits per heavy atom. The summed E-state index contributed by atoms with van der Waals surface area (Å²) in [4.78, 5) is 0. The summed E-state index contributed by atoms with van der Waals surface area (Å²) >= 11 is 0. The lowest BCUT2D eigenvalue weighted by molar-refractivity contribution is 0.394. The van der Waals surface area contributed by atoms with E-state index in [4.69, 9.17) is 10.5 Å². The summed E-state index contributed by atoms with van der Waals surface area (Å²) in [5.74, 6) is 1.35. The van der Waals surface area contributed by atoms with Crippen LogP contribution in [0.15, 0.2) is 6.20 Å². The molecule has 1 heterocycles. The fourth-order valence-electron chi connectivity index (χ4n) is 1.63. The molecule has 1 atom stereocenters. The zero-order chi connectivity index (χ0) is 10.7. The third-order valence-corrected chi connectivity index (χ3v) is 2.25. The van der Waals surface area contributed by atoms with Crippen LogP contribution in [0, 0.1) is 5.92 Å². The van der Waals surface area contributed by atoms with Gasteiger partial charge in [-0.25, -0.2) is 0 Å². The maximum Gasteiger partial charge on any atom is 0.161 e. The van der Waals surface area contributed by atoms with Crippen LogP contribution < -0.4 is 10.5 Å². The minimum absolute atomic E-state index is 0.00236. The molecular weight excluding hydrogens is 178 g/mol. The van der Waals surface area contributed by atoms with Gasteiger partial charge in [0, 0.05) is 7.05 Å². The van der Waals surface area contributed by atoms with E-state index in [2.05, 4.69) is 18.9 Å². The number of ether oxygens (including phenoxy) is 1. The molecule has 4 nitrogen and oxygen atoms in total. The molecule has 0 aromatic carbocycles. The molecule has 0 aliphatic rings. The molecule has 0 aliphatic carbocycles. The van der Waals surface area contributed by atoms with Crippen molar-refractivity contribution in [2.45, 2.75) is 26.3 Å². The van der Waals surface area contributed by atoms with Crippen molar-refractivity contribution in [3.05, 3.63) is 11.9 Å². The second-order valence-corrected chi connectivity index (χ2v) is 3.96.